The van der Waals surface area contributed by atoms with Gasteiger partial charge < -0.3 is 10.2 Å². The zero-order valence-corrected chi connectivity index (χ0v) is 10.5. The van der Waals surface area contributed by atoms with E-state index in [1.54, 1.807) is 0 Å². The van der Waals surface area contributed by atoms with Crippen molar-refractivity contribution in [2.45, 2.75) is 19.4 Å². The molecule has 2 rings (SSSR count). The van der Waals surface area contributed by atoms with E-state index in [9.17, 15) is 4.79 Å². The number of amides is 1. The summed E-state index contributed by atoms with van der Waals surface area (Å²) < 4.78 is 0. The summed E-state index contributed by atoms with van der Waals surface area (Å²) in [5.74, 6) is 0.714. The van der Waals surface area contributed by atoms with Gasteiger partial charge in [0.15, 0.2) is 0 Å². The smallest absolute Gasteiger partial charge is 0.253 e. The average molecular weight is 232 g/mol. The van der Waals surface area contributed by atoms with E-state index in [4.69, 9.17) is 0 Å². The SMILES string of the molecule is CNC1CC(C)CN(C(=O)c2ccccc2)C1. The molecule has 3 heteroatoms. The highest BCUT2D eigenvalue weighted by molar-refractivity contribution is 5.94. The summed E-state index contributed by atoms with van der Waals surface area (Å²) >= 11 is 0. The standard InChI is InChI=1S/C14H20N2O/c1-11-8-13(15-2)10-16(9-11)14(17)12-6-4-3-5-7-12/h3-7,11,13,15H,8-10H2,1-2H3. The lowest BCUT2D eigenvalue weighted by Crippen LogP contribution is -2.49. The Hall–Kier alpha value is -1.35. The average Bonchev–Trinajstić information content (AvgIpc) is 2.38. The van der Waals surface area contributed by atoms with Crippen molar-refractivity contribution < 1.29 is 4.79 Å². The van der Waals surface area contributed by atoms with Crippen molar-refractivity contribution in [3.05, 3.63) is 35.9 Å². The molecule has 92 valence electrons. The Morgan fingerprint density at radius 1 is 1.29 bits per heavy atom. The van der Waals surface area contributed by atoms with Crippen LogP contribution in [0.15, 0.2) is 30.3 Å². The van der Waals surface area contributed by atoms with Crippen LogP contribution in [0.25, 0.3) is 0 Å². The van der Waals surface area contributed by atoms with E-state index in [0.717, 1.165) is 25.1 Å². The van der Waals surface area contributed by atoms with Gasteiger partial charge in [0.25, 0.3) is 5.91 Å². The fourth-order valence-corrected chi connectivity index (χ4v) is 2.49. The maximum Gasteiger partial charge on any atom is 0.253 e. The number of carbonyl (C=O) groups excluding carboxylic acids is 1. The number of hydrogen-bond donors (Lipinski definition) is 1. The summed E-state index contributed by atoms with van der Waals surface area (Å²) in [6.07, 6.45) is 1.15. The highest BCUT2D eigenvalue weighted by Gasteiger charge is 2.27. The Kier molecular flexibility index (Phi) is 3.79. The van der Waals surface area contributed by atoms with E-state index in [2.05, 4.69) is 12.2 Å². The molecule has 0 aromatic heterocycles. The number of benzene rings is 1. The van der Waals surface area contributed by atoms with Gasteiger partial charge in [-0.25, -0.2) is 0 Å². The number of hydrogen-bond acceptors (Lipinski definition) is 2. The molecule has 1 amide bonds. The van der Waals surface area contributed by atoms with Crippen LogP contribution in [0, 0.1) is 5.92 Å². The minimum absolute atomic E-state index is 0.150. The van der Waals surface area contributed by atoms with E-state index in [1.807, 2.05) is 42.3 Å². The summed E-state index contributed by atoms with van der Waals surface area (Å²) in [6.45, 7) is 3.88. The predicted molar refractivity (Wildman–Crippen MR) is 69.0 cm³/mol. The van der Waals surface area contributed by atoms with Gasteiger partial charge in [0.05, 0.1) is 0 Å². The first-order chi connectivity index (χ1) is 8.20. The van der Waals surface area contributed by atoms with Crippen LogP contribution in [-0.4, -0.2) is 37.0 Å². The predicted octanol–water partition coefficient (Wildman–Crippen LogP) is 1.76. The van der Waals surface area contributed by atoms with Gasteiger partial charge in [-0.2, -0.15) is 0 Å². The number of nitrogens with one attached hydrogen (secondary N) is 1. The minimum atomic E-state index is 0.150. The molecular weight excluding hydrogens is 212 g/mol. The van der Waals surface area contributed by atoms with Gasteiger partial charge in [-0.3, -0.25) is 4.79 Å². The second kappa shape index (κ2) is 5.32. The summed E-state index contributed by atoms with van der Waals surface area (Å²) in [6, 6.07) is 9.95. The van der Waals surface area contributed by atoms with Crippen LogP contribution in [0.1, 0.15) is 23.7 Å². The van der Waals surface area contributed by atoms with Gasteiger partial charge >= 0.3 is 0 Å². The molecule has 2 unspecified atom stereocenters. The summed E-state index contributed by atoms with van der Waals surface area (Å²) in [7, 11) is 1.97. The van der Waals surface area contributed by atoms with E-state index in [1.165, 1.54) is 0 Å². The molecule has 1 aromatic carbocycles. The first kappa shape index (κ1) is 12.1. The van der Waals surface area contributed by atoms with Crippen LogP contribution >= 0.6 is 0 Å². The third kappa shape index (κ3) is 2.86. The molecular formula is C14H20N2O. The molecule has 1 N–H and O–H groups in total. The zero-order chi connectivity index (χ0) is 12.3. The Morgan fingerprint density at radius 2 is 2.00 bits per heavy atom. The van der Waals surface area contributed by atoms with E-state index >= 15 is 0 Å². The monoisotopic (exact) mass is 232 g/mol. The number of rotatable bonds is 2. The van der Waals surface area contributed by atoms with Gasteiger partial charge in [-0.1, -0.05) is 25.1 Å². The van der Waals surface area contributed by atoms with Crippen molar-refractivity contribution in [3.8, 4) is 0 Å². The second-order valence-corrected chi connectivity index (χ2v) is 4.90. The van der Waals surface area contributed by atoms with Crippen molar-refractivity contribution in [1.29, 1.82) is 0 Å². The summed E-state index contributed by atoms with van der Waals surface area (Å²) in [5, 5.41) is 3.28. The van der Waals surface area contributed by atoms with Gasteiger partial charge in [0.2, 0.25) is 0 Å². The number of nitrogens with zero attached hydrogens (tertiary/aromatic N) is 1. The van der Waals surface area contributed by atoms with E-state index < -0.39 is 0 Å². The fourth-order valence-electron chi connectivity index (χ4n) is 2.49. The Labute approximate surface area is 103 Å². The normalized spacial score (nSPS) is 24.7. The zero-order valence-electron chi connectivity index (χ0n) is 10.5. The van der Waals surface area contributed by atoms with Crippen molar-refractivity contribution >= 4 is 5.91 Å². The number of likely N-dealkylation sites (N-methyl/N-ethyl adjacent to an activating group) is 1. The third-order valence-electron chi connectivity index (χ3n) is 3.38. The van der Waals surface area contributed by atoms with E-state index in [0.29, 0.717) is 12.0 Å². The van der Waals surface area contributed by atoms with Gasteiger partial charge in [0, 0.05) is 24.7 Å². The van der Waals surface area contributed by atoms with Gasteiger partial charge in [0.1, 0.15) is 0 Å². The second-order valence-electron chi connectivity index (χ2n) is 4.90. The van der Waals surface area contributed by atoms with Gasteiger partial charge in [-0.15, -0.1) is 0 Å². The molecule has 0 aliphatic carbocycles. The number of carbonyl (C=O) groups is 1. The lowest BCUT2D eigenvalue weighted by molar-refractivity contribution is 0.0645. The molecule has 0 saturated carbocycles. The molecule has 1 saturated heterocycles. The molecule has 1 aliphatic heterocycles. The lowest BCUT2D eigenvalue weighted by Gasteiger charge is -2.36. The molecule has 1 fully saturated rings. The molecule has 17 heavy (non-hydrogen) atoms. The molecule has 1 aromatic rings. The van der Waals surface area contributed by atoms with Crippen LogP contribution in [0.4, 0.5) is 0 Å². The maximum absolute atomic E-state index is 12.3. The highest BCUT2D eigenvalue weighted by atomic mass is 16.2. The number of likely N-dealkylation sites (tertiary alicyclic amines) is 1. The minimum Gasteiger partial charge on any atom is -0.337 e. The Balaban J connectivity index is 2.09. The van der Waals surface area contributed by atoms with Crippen LogP contribution in [0.3, 0.4) is 0 Å². The molecule has 0 bridgehead atoms. The lowest BCUT2D eigenvalue weighted by atomic mass is 9.95. The highest BCUT2D eigenvalue weighted by Crippen LogP contribution is 2.18. The van der Waals surface area contributed by atoms with Crippen LogP contribution in [0.2, 0.25) is 0 Å². The molecule has 0 radical (unpaired) electrons. The third-order valence-corrected chi connectivity index (χ3v) is 3.38. The largest absolute Gasteiger partial charge is 0.337 e. The topological polar surface area (TPSA) is 32.3 Å². The van der Waals surface area contributed by atoms with E-state index in [-0.39, 0.29) is 5.91 Å². The quantitative estimate of drug-likeness (QED) is 0.842. The summed E-state index contributed by atoms with van der Waals surface area (Å²) in [5.41, 5.74) is 0.788. The maximum atomic E-state index is 12.3. The van der Waals surface area contributed by atoms with Crippen molar-refractivity contribution in [1.82, 2.24) is 10.2 Å². The Morgan fingerprint density at radius 3 is 2.65 bits per heavy atom. The first-order valence-corrected chi connectivity index (χ1v) is 6.22. The molecule has 3 nitrogen and oxygen atoms in total. The van der Waals surface area contributed by atoms with Crippen molar-refractivity contribution in [2.24, 2.45) is 5.92 Å². The first-order valence-electron chi connectivity index (χ1n) is 6.22. The fraction of sp³-hybridized carbons (Fsp3) is 0.500. The van der Waals surface area contributed by atoms with Gasteiger partial charge in [-0.05, 0) is 31.5 Å². The molecule has 2 atom stereocenters. The van der Waals surface area contributed by atoms with Crippen molar-refractivity contribution in [2.75, 3.05) is 20.1 Å². The number of piperidine rings is 1. The molecule has 1 heterocycles. The van der Waals surface area contributed by atoms with Crippen molar-refractivity contribution in [3.63, 3.8) is 0 Å². The summed E-state index contributed by atoms with van der Waals surface area (Å²) in [4.78, 5) is 14.3. The van der Waals surface area contributed by atoms with Crippen LogP contribution in [0.5, 0.6) is 0 Å². The van der Waals surface area contributed by atoms with Crippen LogP contribution < -0.4 is 5.32 Å². The van der Waals surface area contributed by atoms with Crippen LogP contribution in [-0.2, 0) is 0 Å². The molecule has 0 spiro atoms. The Bertz CT molecular complexity index is 377. The molecule has 1 aliphatic rings.